The van der Waals surface area contributed by atoms with Gasteiger partial charge in [0.1, 0.15) is 5.75 Å². The number of hydrogen-bond donors (Lipinski definition) is 1. The monoisotopic (exact) mass is 261 g/mol. The van der Waals surface area contributed by atoms with Crippen molar-refractivity contribution in [2.24, 2.45) is 0 Å². The van der Waals surface area contributed by atoms with E-state index in [4.69, 9.17) is 4.74 Å². The van der Waals surface area contributed by atoms with E-state index >= 15 is 0 Å². The van der Waals surface area contributed by atoms with Crippen molar-refractivity contribution in [3.8, 4) is 5.75 Å². The summed E-state index contributed by atoms with van der Waals surface area (Å²) in [5, 5.41) is 10.9. The molecule has 1 aromatic carbocycles. The molecule has 2 atom stereocenters. The first-order valence-electron chi connectivity index (χ1n) is 7.41. The third-order valence-corrected chi connectivity index (χ3v) is 4.59. The third kappa shape index (κ3) is 2.49. The van der Waals surface area contributed by atoms with Crippen LogP contribution in [0.5, 0.6) is 5.75 Å². The van der Waals surface area contributed by atoms with Crippen LogP contribution in [0.25, 0.3) is 0 Å². The maximum Gasteiger partial charge on any atom is 0.119 e. The van der Waals surface area contributed by atoms with E-state index in [2.05, 4.69) is 4.90 Å². The van der Waals surface area contributed by atoms with E-state index in [0.717, 1.165) is 30.7 Å². The van der Waals surface area contributed by atoms with Gasteiger partial charge < -0.3 is 14.7 Å². The Bertz CT molecular complexity index is 431. The van der Waals surface area contributed by atoms with Crippen molar-refractivity contribution in [2.75, 3.05) is 19.7 Å². The topological polar surface area (TPSA) is 32.7 Å². The van der Waals surface area contributed by atoms with E-state index < -0.39 is 5.60 Å². The van der Waals surface area contributed by atoms with E-state index in [0.29, 0.717) is 12.6 Å². The van der Waals surface area contributed by atoms with Gasteiger partial charge in [-0.1, -0.05) is 12.1 Å². The molecule has 0 spiro atoms. The zero-order valence-corrected chi connectivity index (χ0v) is 11.6. The molecule has 3 heteroatoms. The summed E-state index contributed by atoms with van der Waals surface area (Å²) >= 11 is 0. The van der Waals surface area contributed by atoms with Gasteiger partial charge in [0.25, 0.3) is 0 Å². The van der Waals surface area contributed by atoms with Crippen molar-refractivity contribution in [1.82, 2.24) is 4.90 Å². The molecular weight excluding hydrogens is 238 g/mol. The molecule has 2 saturated heterocycles. The third-order valence-electron chi connectivity index (χ3n) is 4.59. The largest absolute Gasteiger partial charge is 0.494 e. The second kappa shape index (κ2) is 5.14. The predicted molar refractivity (Wildman–Crippen MR) is 75.3 cm³/mol. The van der Waals surface area contributed by atoms with Crippen molar-refractivity contribution >= 4 is 0 Å². The second-order valence-electron chi connectivity index (χ2n) is 5.78. The van der Waals surface area contributed by atoms with Crippen molar-refractivity contribution < 1.29 is 9.84 Å². The van der Waals surface area contributed by atoms with Gasteiger partial charge in [-0.25, -0.2) is 0 Å². The normalized spacial score (nSPS) is 31.2. The summed E-state index contributed by atoms with van der Waals surface area (Å²) in [6.07, 6.45) is 4.24. The summed E-state index contributed by atoms with van der Waals surface area (Å²) in [7, 11) is 0. The number of ether oxygens (including phenoxy) is 1. The molecule has 0 aromatic heterocycles. The Hall–Kier alpha value is -1.06. The van der Waals surface area contributed by atoms with E-state index in [1.54, 1.807) is 0 Å². The molecule has 0 saturated carbocycles. The highest BCUT2D eigenvalue weighted by Gasteiger charge is 2.41. The van der Waals surface area contributed by atoms with Gasteiger partial charge in [-0.3, -0.25) is 0 Å². The van der Waals surface area contributed by atoms with Crippen LogP contribution in [0.1, 0.15) is 38.2 Å². The number of aliphatic hydroxyl groups is 1. The molecule has 0 radical (unpaired) electrons. The first kappa shape index (κ1) is 12.9. The number of piperidine rings is 1. The van der Waals surface area contributed by atoms with Crippen LogP contribution in [0, 0.1) is 0 Å². The summed E-state index contributed by atoms with van der Waals surface area (Å²) in [6, 6.07) is 8.56. The maximum absolute atomic E-state index is 10.9. The number of benzene rings is 1. The average molecular weight is 261 g/mol. The van der Waals surface area contributed by atoms with Crippen LogP contribution in [-0.2, 0) is 5.60 Å². The minimum atomic E-state index is -0.643. The minimum Gasteiger partial charge on any atom is -0.494 e. The van der Waals surface area contributed by atoms with E-state index in [-0.39, 0.29) is 0 Å². The van der Waals surface area contributed by atoms with Gasteiger partial charge in [0.05, 0.1) is 12.2 Å². The van der Waals surface area contributed by atoms with Gasteiger partial charge in [0.15, 0.2) is 0 Å². The van der Waals surface area contributed by atoms with Crippen LogP contribution in [-0.4, -0.2) is 35.7 Å². The molecule has 1 aromatic rings. The summed E-state index contributed by atoms with van der Waals surface area (Å²) in [5.41, 5.74) is 0.401. The number of fused-ring (bicyclic) bond motifs is 1. The molecule has 2 heterocycles. The van der Waals surface area contributed by atoms with Crippen LogP contribution < -0.4 is 4.74 Å². The van der Waals surface area contributed by atoms with Crippen LogP contribution in [0.15, 0.2) is 24.3 Å². The molecule has 0 aliphatic carbocycles. The first-order valence-corrected chi connectivity index (χ1v) is 7.41. The molecule has 2 fully saturated rings. The summed E-state index contributed by atoms with van der Waals surface area (Å²) < 4.78 is 5.46. The Balaban J connectivity index is 1.76. The Morgan fingerprint density at radius 1 is 1.32 bits per heavy atom. The lowest BCUT2D eigenvalue weighted by atomic mass is 9.81. The van der Waals surface area contributed by atoms with E-state index in [1.807, 2.05) is 31.2 Å². The lowest BCUT2D eigenvalue weighted by Gasteiger charge is -2.41. The lowest BCUT2D eigenvalue weighted by molar-refractivity contribution is -0.0409. The molecule has 19 heavy (non-hydrogen) atoms. The quantitative estimate of drug-likeness (QED) is 0.907. The van der Waals surface area contributed by atoms with Gasteiger partial charge in [0, 0.05) is 12.6 Å². The summed E-state index contributed by atoms with van der Waals surface area (Å²) in [6.45, 7) is 4.90. The molecule has 2 aliphatic rings. The zero-order valence-electron chi connectivity index (χ0n) is 11.6. The molecule has 0 amide bonds. The van der Waals surface area contributed by atoms with Gasteiger partial charge in [-0.05, 0) is 56.8 Å². The summed E-state index contributed by atoms with van der Waals surface area (Å²) in [5.74, 6) is 0.883. The van der Waals surface area contributed by atoms with Gasteiger partial charge in [-0.15, -0.1) is 0 Å². The fourth-order valence-electron chi connectivity index (χ4n) is 3.53. The molecule has 2 unspecified atom stereocenters. The molecular formula is C16H23NO2. The standard InChI is InChI=1S/C16H23NO2/c1-2-19-15-7-5-13(6-8-15)16(18)9-11-17-10-3-4-14(17)12-16/h5-8,14,18H,2-4,9-12H2,1H3. The molecule has 0 bridgehead atoms. The molecule has 1 N–H and O–H groups in total. The average Bonchev–Trinajstić information content (AvgIpc) is 2.87. The van der Waals surface area contributed by atoms with Crippen LogP contribution in [0.2, 0.25) is 0 Å². The fraction of sp³-hybridized carbons (Fsp3) is 0.625. The predicted octanol–water partition coefficient (Wildman–Crippen LogP) is 2.53. The Kier molecular flexibility index (Phi) is 3.50. The van der Waals surface area contributed by atoms with Crippen LogP contribution >= 0.6 is 0 Å². The summed E-state index contributed by atoms with van der Waals surface area (Å²) in [4.78, 5) is 2.53. The highest BCUT2D eigenvalue weighted by atomic mass is 16.5. The van der Waals surface area contributed by atoms with Crippen LogP contribution in [0.4, 0.5) is 0 Å². The number of rotatable bonds is 3. The van der Waals surface area contributed by atoms with Crippen LogP contribution in [0.3, 0.4) is 0 Å². The smallest absolute Gasteiger partial charge is 0.119 e. The molecule has 2 aliphatic heterocycles. The Morgan fingerprint density at radius 2 is 2.11 bits per heavy atom. The van der Waals surface area contributed by atoms with E-state index in [9.17, 15) is 5.11 Å². The molecule has 3 nitrogen and oxygen atoms in total. The number of hydrogen-bond acceptors (Lipinski definition) is 3. The number of nitrogens with zero attached hydrogens (tertiary/aromatic N) is 1. The second-order valence-corrected chi connectivity index (χ2v) is 5.78. The fourth-order valence-corrected chi connectivity index (χ4v) is 3.53. The van der Waals surface area contributed by atoms with Crippen molar-refractivity contribution in [1.29, 1.82) is 0 Å². The van der Waals surface area contributed by atoms with Gasteiger partial charge in [-0.2, -0.15) is 0 Å². The lowest BCUT2D eigenvalue weighted by Crippen LogP contribution is -2.45. The van der Waals surface area contributed by atoms with Gasteiger partial charge >= 0.3 is 0 Å². The first-order chi connectivity index (χ1) is 9.21. The molecule has 104 valence electrons. The SMILES string of the molecule is CCOc1ccc(C2(O)CCN3CCCC3C2)cc1. The maximum atomic E-state index is 10.9. The highest BCUT2D eigenvalue weighted by Crippen LogP contribution is 2.39. The highest BCUT2D eigenvalue weighted by molar-refractivity contribution is 5.31. The van der Waals surface area contributed by atoms with E-state index in [1.165, 1.54) is 19.4 Å². The Labute approximate surface area is 115 Å². The minimum absolute atomic E-state index is 0.574. The Morgan fingerprint density at radius 3 is 2.84 bits per heavy atom. The van der Waals surface area contributed by atoms with Gasteiger partial charge in [0.2, 0.25) is 0 Å². The zero-order chi connectivity index (χ0) is 13.3. The van der Waals surface area contributed by atoms with Crippen molar-refractivity contribution in [3.63, 3.8) is 0 Å². The van der Waals surface area contributed by atoms with Crippen molar-refractivity contribution in [3.05, 3.63) is 29.8 Å². The molecule has 3 rings (SSSR count). The van der Waals surface area contributed by atoms with Crippen molar-refractivity contribution in [2.45, 2.75) is 44.2 Å².